The number of hydrogen-bond acceptors (Lipinski definition) is 2. The second-order valence-electron chi connectivity index (χ2n) is 4.21. The minimum absolute atomic E-state index is 0.862. The van der Waals surface area contributed by atoms with E-state index in [0.717, 1.165) is 31.0 Å². The molecule has 0 amide bonds. The Morgan fingerprint density at radius 2 is 2.31 bits per heavy atom. The van der Waals surface area contributed by atoms with Gasteiger partial charge in [-0.3, -0.25) is 0 Å². The Labute approximate surface area is 95.6 Å². The van der Waals surface area contributed by atoms with Crippen LogP contribution in [0.15, 0.2) is 41.8 Å². The van der Waals surface area contributed by atoms with Crippen LogP contribution in [0.4, 0.5) is 0 Å². The van der Waals surface area contributed by atoms with Crippen molar-refractivity contribution in [1.29, 1.82) is 0 Å². The molecule has 2 heteroatoms. The number of rotatable bonds is 1. The summed E-state index contributed by atoms with van der Waals surface area (Å²) in [6, 6.07) is 6.47. The molecule has 0 saturated carbocycles. The number of aryl methyl sites for hydroxylation is 1. The normalized spacial score (nSPS) is 17.3. The Bertz CT molecular complexity index is 486. The van der Waals surface area contributed by atoms with Crippen LogP contribution < -0.4 is 10.1 Å². The van der Waals surface area contributed by atoms with Crippen molar-refractivity contribution in [2.75, 3.05) is 6.54 Å². The fourth-order valence-electron chi connectivity index (χ4n) is 2.19. The maximum Gasteiger partial charge on any atom is 0.197 e. The van der Waals surface area contributed by atoms with Crippen molar-refractivity contribution in [2.24, 2.45) is 0 Å². The van der Waals surface area contributed by atoms with Crippen LogP contribution in [0.25, 0.3) is 0 Å². The lowest BCUT2D eigenvalue weighted by molar-refractivity contribution is 0.364. The van der Waals surface area contributed by atoms with Gasteiger partial charge in [-0.1, -0.05) is 31.2 Å². The number of ether oxygens (including phenoxy) is 1. The van der Waals surface area contributed by atoms with Crippen molar-refractivity contribution in [1.82, 2.24) is 5.32 Å². The molecule has 0 spiro atoms. The van der Waals surface area contributed by atoms with Gasteiger partial charge in [0.25, 0.3) is 0 Å². The molecule has 2 aliphatic rings. The summed E-state index contributed by atoms with van der Waals surface area (Å²) < 4.78 is 5.85. The fraction of sp³-hybridized carbons (Fsp3) is 0.286. The first-order valence-corrected chi connectivity index (χ1v) is 5.80. The Hall–Kier alpha value is -1.70. The first-order chi connectivity index (χ1) is 7.86. The molecule has 2 heterocycles. The van der Waals surface area contributed by atoms with Crippen molar-refractivity contribution in [2.45, 2.75) is 19.8 Å². The Morgan fingerprint density at radius 1 is 1.38 bits per heavy atom. The van der Waals surface area contributed by atoms with Crippen molar-refractivity contribution < 1.29 is 4.74 Å². The van der Waals surface area contributed by atoms with Gasteiger partial charge in [0, 0.05) is 18.5 Å². The van der Waals surface area contributed by atoms with Crippen LogP contribution in [0.3, 0.4) is 0 Å². The van der Waals surface area contributed by atoms with Gasteiger partial charge in [0.2, 0.25) is 0 Å². The van der Waals surface area contributed by atoms with E-state index in [1.807, 2.05) is 0 Å². The SMILES string of the molecule is CCc1ccc2c(c1)CC1=C(NCC=C1)O2. The lowest BCUT2D eigenvalue weighted by atomic mass is 9.98. The summed E-state index contributed by atoms with van der Waals surface area (Å²) in [4.78, 5) is 0. The molecular weight excluding hydrogens is 198 g/mol. The topological polar surface area (TPSA) is 21.3 Å². The molecule has 16 heavy (non-hydrogen) atoms. The van der Waals surface area contributed by atoms with Gasteiger partial charge in [-0.05, 0) is 23.6 Å². The molecule has 0 bridgehead atoms. The molecule has 0 atom stereocenters. The van der Waals surface area contributed by atoms with E-state index in [4.69, 9.17) is 4.74 Å². The van der Waals surface area contributed by atoms with E-state index in [-0.39, 0.29) is 0 Å². The molecule has 82 valence electrons. The van der Waals surface area contributed by atoms with E-state index in [2.05, 4.69) is 42.6 Å². The summed E-state index contributed by atoms with van der Waals surface area (Å²) in [6.45, 7) is 3.04. The minimum Gasteiger partial charge on any atom is -0.441 e. The molecule has 1 N–H and O–H groups in total. The molecular formula is C14H15NO. The van der Waals surface area contributed by atoms with E-state index in [1.54, 1.807) is 0 Å². The Balaban J connectivity index is 1.98. The fourth-order valence-corrected chi connectivity index (χ4v) is 2.19. The van der Waals surface area contributed by atoms with Crippen LogP contribution in [-0.4, -0.2) is 6.54 Å². The Morgan fingerprint density at radius 3 is 3.19 bits per heavy atom. The number of dihydropyridines is 1. The summed E-state index contributed by atoms with van der Waals surface area (Å²) in [5.41, 5.74) is 3.93. The second kappa shape index (κ2) is 3.71. The molecule has 3 rings (SSSR count). The quantitative estimate of drug-likeness (QED) is 0.774. The number of nitrogens with one attached hydrogen (secondary N) is 1. The second-order valence-corrected chi connectivity index (χ2v) is 4.21. The van der Waals surface area contributed by atoms with Crippen molar-refractivity contribution >= 4 is 0 Å². The van der Waals surface area contributed by atoms with Gasteiger partial charge in [0.05, 0.1) is 0 Å². The van der Waals surface area contributed by atoms with Crippen LogP contribution in [0.1, 0.15) is 18.1 Å². The standard InChI is InChI=1S/C14H15NO/c1-2-10-5-6-13-12(8-10)9-11-4-3-7-15-14(11)16-13/h3-6,8,15H,2,7,9H2,1H3. The van der Waals surface area contributed by atoms with Gasteiger partial charge < -0.3 is 10.1 Å². The highest BCUT2D eigenvalue weighted by Gasteiger charge is 2.19. The highest BCUT2D eigenvalue weighted by molar-refractivity contribution is 5.47. The summed E-state index contributed by atoms with van der Waals surface area (Å²) in [5, 5.41) is 3.26. The van der Waals surface area contributed by atoms with E-state index >= 15 is 0 Å². The van der Waals surface area contributed by atoms with Gasteiger partial charge in [0.1, 0.15) is 5.75 Å². The average molecular weight is 213 g/mol. The third-order valence-electron chi connectivity index (χ3n) is 3.12. The van der Waals surface area contributed by atoms with Gasteiger partial charge in [0.15, 0.2) is 5.88 Å². The Kier molecular flexibility index (Phi) is 2.21. The summed E-state index contributed by atoms with van der Waals surface area (Å²) in [7, 11) is 0. The summed E-state index contributed by atoms with van der Waals surface area (Å²) in [6.07, 6.45) is 6.35. The predicted molar refractivity (Wildman–Crippen MR) is 64.3 cm³/mol. The molecule has 2 aliphatic heterocycles. The zero-order chi connectivity index (χ0) is 11.0. The molecule has 1 aromatic carbocycles. The summed E-state index contributed by atoms with van der Waals surface area (Å²) in [5.74, 6) is 1.93. The van der Waals surface area contributed by atoms with Crippen LogP contribution in [0.5, 0.6) is 5.75 Å². The third kappa shape index (κ3) is 1.51. The van der Waals surface area contributed by atoms with E-state index in [1.165, 1.54) is 16.7 Å². The number of hydrogen-bond donors (Lipinski definition) is 1. The molecule has 0 saturated heterocycles. The van der Waals surface area contributed by atoms with Gasteiger partial charge >= 0.3 is 0 Å². The highest BCUT2D eigenvalue weighted by Crippen LogP contribution is 2.31. The van der Waals surface area contributed by atoms with Crippen LogP contribution >= 0.6 is 0 Å². The number of allylic oxidation sites excluding steroid dienone is 2. The van der Waals surface area contributed by atoms with E-state index in [9.17, 15) is 0 Å². The molecule has 2 nitrogen and oxygen atoms in total. The largest absolute Gasteiger partial charge is 0.441 e. The lowest BCUT2D eigenvalue weighted by Gasteiger charge is -2.25. The minimum atomic E-state index is 0.862. The van der Waals surface area contributed by atoms with E-state index in [0.29, 0.717) is 0 Å². The summed E-state index contributed by atoms with van der Waals surface area (Å²) >= 11 is 0. The highest BCUT2D eigenvalue weighted by atomic mass is 16.5. The van der Waals surface area contributed by atoms with Crippen LogP contribution in [0, 0.1) is 0 Å². The molecule has 0 aromatic heterocycles. The average Bonchev–Trinajstić information content (AvgIpc) is 2.35. The smallest absolute Gasteiger partial charge is 0.197 e. The van der Waals surface area contributed by atoms with Crippen LogP contribution in [0.2, 0.25) is 0 Å². The number of benzene rings is 1. The predicted octanol–water partition coefficient (Wildman–Crippen LogP) is 2.55. The first-order valence-electron chi connectivity index (χ1n) is 5.80. The zero-order valence-corrected chi connectivity index (χ0v) is 9.42. The molecule has 0 radical (unpaired) electrons. The van der Waals surface area contributed by atoms with Crippen molar-refractivity contribution in [3.05, 3.63) is 52.9 Å². The van der Waals surface area contributed by atoms with E-state index < -0.39 is 0 Å². The van der Waals surface area contributed by atoms with Crippen molar-refractivity contribution in [3.63, 3.8) is 0 Å². The van der Waals surface area contributed by atoms with Gasteiger partial charge in [-0.2, -0.15) is 0 Å². The first kappa shape index (κ1) is 9.52. The number of fused-ring (bicyclic) bond motifs is 1. The lowest BCUT2D eigenvalue weighted by Crippen LogP contribution is -2.26. The molecule has 0 unspecified atom stereocenters. The zero-order valence-electron chi connectivity index (χ0n) is 9.42. The van der Waals surface area contributed by atoms with Gasteiger partial charge in [-0.25, -0.2) is 0 Å². The molecule has 1 aromatic rings. The monoisotopic (exact) mass is 213 g/mol. The molecule has 0 fully saturated rings. The van der Waals surface area contributed by atoms with Gasteiger partial charge in [-0.15, -0.1) is 0 Å². The maximum absolute atomic E-state index is 5.85. The molecule has 0 aliphatic carbocycles. The van der Waals surface area contributed by atoms with Crippen LogP contribution in [-0.2, 0) is 12.8 Å². The maximum atomic E-state index is 5.85. The third-order valence-corrected chi connectivity index (χ3v) is 3.12. The van der Waals surface area contributed by atoms with Crippen molar-refractivity contribution in [3.8, 4) is 5.75 Å².